The summed E-state index contributed by atoms with van der Waals surface area (Å²) in [5, 5.41) is 3.88. The summed E-state index contributed by atoms with van der Waals surface area (Å²) in [5.41, 5.74) is 3.92. The van der Waals surface area contributed by atoms with Gasteiger partial charge in [-0.25, -0.2) is 0 Å². The highest BCUT2D eigenvalue weighted by Gasteiger charge is 2.22. The van der Waals surface area contributed by atoms with E-state index in [1.165, 1.54) is 16.7 Å². The van der Waals surface area contributed by atoms with E-state index in [0.717, 1.165) is 45.1 Å². The average molecular weight is 503 g/mol. The molecule has 0 saturated carbocycles. The maximum absolute atomic E-state index is 5.49. The number of nitrogens with zero attached hydrogens (tertiary/aromatic N) is 1. The van der Waals surface area contributed by atoms with Crippen molar-refractivity contribution in [2.45, 2.75) is 37.4 Å². The van der Waals surface area contributed by atoms with E-state index in [9.17, 15) is 0 Å². The summed E-state index contributed by atoms with van der Waals surface area (Å²) in [6, 6.07) is 33.4. The highest BCUT2D eigenvalue weighted by atomic mass is 28.3. The van der Waals surface area contributed by atoms with Gasteiger partial charge in [0.2, 0.25) is 0 Å². The van der Waals surface area contributed by atoms with Crippen LogP contribution in [0.25, 0.3) is 0 Å². The number of benzene rings is 3. The van der Waals surface area contributed by atoms with Crippen molar-refractivity contribution in [3.05, 3.63) is 120 Å². The molecule has 3 rings (SSSR count). The molecular weight excluding hydrogens is 460 g/mol. The first-order chi connectivity index (χ1) is 17.7. The largest absolute Gasteiger partial charge is 0.400 e. The van der Waals surface area contributed by atoms with Crippen molar-refractivity contribution in [3.63, 3.8) is 0 Å². The van der Waals surface area contributed by atoms with Crippen molar-refractivity contribution in [3.8, 4) is 0 Å². The topological polar surface area (TPSA) is 33.7 Å². The first-order valence-corrected chi connectivity index (χ1v) is 14.8. The lowest BCUT2D eigenvalue weighted by Crippen LogP contribution is -2.36. The molecule has 1 N–H and O–H groups in total. The molecule has 0 fully saturated rings. The fourth-order valence-corrected chi connectivity index (χ4v) is 6.01. The molecule has 0 aliphatic heterocycles. The van der Waals surface area contributed by atoms with Gasteiger partial charge in [-0.1, -0.05) is 103 Å². The maximum atomic E-state index is 5.49. The third kappa shape index (κ3) is 9.15. The number of unbranched alkanes of at least 4 members (excludes halogenated alkanes) is 1. The van der Waals surface area contributed by atoms with Gasteiger partial charge in [-0.15, -0.1) is 6.58 Å². The first kappa shape index (κ1) is 28.0. The average Bonchev–Trinajstić information content (AvgIpc) is 2.94. The van der Waals surface area contributed by atoms with E-state index < -0.39 is 9.28 Å². The molecule has 0 aromatic heterocycles. The summed E-state index contributed by atoms with van der Waals surface area (Å²) in [5.74, 6) is 0.196. The van der Waals surface area contributed by atoms with Gasteiger partial charge in [-0.3, -0.25) is 4.90 Å². The smallest absolute Gasteiger partial charge is 0.320 e. The summed E-state index contributed by atoms with van der Waals surface area (Å²) in [6.45, 7) is 8.09. The zero-order valence-corrected chi connectivity index (χ0v) is 23.0. The molecule has 0 aliphatic rings. The summed E-state index contributed by atoms with van der Waals surface area (Å²) >= 11 is 0. The Morgan fingerprint density at radius 1 is 0.806 bits per heavy atom. The molecule has 0 heterocycles. The van der Waals surface area contributed by atoms with Crippen LogP contribution in [0.5, 0.6) is 0 Å². The van der Waals surface area contributed by atoms with Crippen molar-refractivity contribution in [1.82, 2.24) is 10.2 Å². The fourth-order valence-electron chi connectivity index (χ4n) is 4.72. The Morgan fingerprint density at radius 2 is 1.39 bits per heavy atom. The molecular formula is C31H42N2O2Si. The molecule has 36 heavy (non-hydrogen) atoms. The lowest BCUT2D eigenvalue weighted by Gasteiger charge is -2.29. The number of hydrogen-bond donors (Lipinski definition) is 1. The van der Waals surface area contributed by atoms with E-state index in [-0.39, 0.29) is 12.0 Å². The third-order valence-electron chi connectivity index (χ3n) is 6.69. The van der Waals surface area contributed by atoms with Crippen LogP contribution in [0, 0.1) is 0 Å². The molecule has 0 bridgehead atoms. The van der Waals surface area contributed by atoms with Gasteiger partial charge < -0.3 is 14.2 Å². The van der Waals surface area contributed by atoms with Crippen LogP contribution in [-0.2, 0) is 15.4 Å². The Labute approximate surface area is 219 Å². The molecule has 2 atom stereocenters. The molecule has 0 amide bonds. The number of nitrogens with one attached hydrogen (secondary N) is 1. The second kappa shape index (κ2) is 16.3. The second-order valence-electron chi connectivity index (χ2n) is 9.17. The van der Waals surface area contributed by atoms with Gasteiger partial charge in [0.15, 0.2) is 0 Å². The molecule has 4 nitrogen and oxygen atoms in total. The lowest BCUT2D eigenvalue weighted by atomic mass is 9.87. The van der Waals surface area contributed by atoms with Crippen LogP contribution >= 0.6 is 0 Å². The summed E-state index contributed by atoms with van der Waals surface area (Å²) < 4.78 is 11.0. The lowest BCUT2D eigenvalue weighted by molar-refractivity contribution is 0.250. The molecule has 5 heteroatoms. The van der Waals surface area contributed by atoms with E-state index >= 15 is 0 Å². The Morgan fingerprint density at radius 3 is 1.97 bits per heavy atom. The predicted molar refractivity (Wildman–Crippen MR) is 153 cm³/mol. The van der Waals surface area contributed by atoms with E-state index in [2.05, 4.69) is 114 Å². The van der Waals surface area contributed by atoms with Gasteiger partial charge >= 0.3 is 9.28 Å². The van der Waals surface area contributed by atoms with Crippen LogP contribution in [-0.4, -0.2) is 48.0 Å². The van der Waals surface area contributed by atoms with Gasteiger partial charge in [0.1, 0.15) is 0 Å². The van der Waals surface area contributed by atoms with Crippen molar-refractivity contribution >= 4 is 9.28 Å². The Hall–Kier alpha value is -2.54. The molecule has 2 unspecified atom stereocenters. The molecule has 192 valence electrons. The molecule has 0 saturated heterocycles. The standard InChI is InChI=1S/C31H42N2O2Si/c1-4-30(28-18-10-6-11-19-28)31(29-20-12-7-13-21-29)32-22-24-33(26-27-16-8-5-9-17-27)23-14-15-25-36(34-2)35-3/h4-13,16-21,30-32,36H,1,14-15,22-26H2,2-3H3. The Kier molecular flexibility index (Phi) is 12.7. The first-order valence-electron chi connectivity index (χ1n) is 13.0. The SMILES string of the molecule is C=CC(c1ccccc1)C(NCCN(CCCC[SiH](OC)OC)Cc1ccccc1)c1ccccc1. The highest BCUT2D eigenvalue weighted by molar-refractivity contribution is 6.44. The minimum absolute atomic E-state index is 0.167. The van der Waals surface area contributed by atoms with E-state index in [4.69, 9.17) is 8.85 Å². The van der Waals surface area contributed by atoms with Gasteiger partial charge in [0.05, 0.1) is 0 Å². The van der Waals surface area contributed by atoms with Crippen molar-refractivity contribution < 1.29 is 8.85 Å². The quantitative estimate of drug-likeness (QED) is 0.138. The van der Waals surface area contributed by atoms with Crippen LogP contribution in [0.1, 0.15) is 41.5 Å². The van der Waals surface area contributed by atoms with Crippen LogP contribution in [0.15, 0.2) is 104 Å². The zero-order chi connectivity index (χ0) is 25.4. The second-order valence-corrected chi connectivity index (χ2v) is 11.6. The van der Waals surface area contributed by atoms with E-state index in [1.54, 1.807) is 14.2 Å². The highest BCUT2D eigenvalue weighted by Crippen LogP contribution is 2.31. The fraction of sp³-hybridized carbons (Fsp3) is 0.355. The minimum Gasteiger partial charge on any atom is -0.400 e. The Balaban J connectivity index is 1.65. The molecule has 3 aromatic carbocycles. The van der Waals surface area contributed by atoms with Crippen molar-refractivity contribution in [2.75, 3.05) is 33.9 Å². The van der Waals surface area contributed by atoms with Crippen LogP contribution in [0.4, 0.5) is 0 Å². The number of hydrogen-bond acceptors (Lipinski definition) is 4. The summed E-state index contributed by atoms with van der Waals surface area (Å²) in [7, 11) is 2.05. The van der Waals surface area contributed by atoms with Gasteiger partial charge in [0.25, 0.3) is 0 Å². The van der Waals surface area contributed by atoms with Crippen LogP contribution in [0.3, 0.4) is 0 Å². The van der Waals surface area contributed by atoms with Crippen molar-refractivity contribution in [2.24, 2.45) is 0 Å². The molecule has 0 spiro atoms. The summed E-state index contributed by atoms with van der Waals surface area (Å²) in [4.78, 5) is 2.56. The third-order valence-corrected chi connectivity index (χ3v) is 8.62. The molecule has 3 aromatic rings. The molecule has 0 radical (unpaired) electrons. The predicted octanol–water partition coefficient (Wildman–Crippen LogP) is 6.08. The van der Waals surface area contributed by atoms with E-state index in [1.807, 2.05) is 0 Å². The van der Waals surface area contributed by atoms with E-state index in [0.29, 0.717) is 0 Å². The zero-order valence-electron chi connectivity index (χ0n) is 21.9. The maximum Gasteiger partial charge on any atom is 0.320 e. The van der Waals surface area contributed by atoms with Gasteiger partial charge in [0, 0.05) is 45.8 Å². The Bertz CT molecular complexity index is 968. The van der Waals surface area contributed by atoms with Gasteiger partial charge in [-0.05, 0) is 35.7 Å². The normalized spacial score (nSPS) is 13.1. The van der Waals surface area contributed by atoms with Crippen molar-refractivity contribution in [1.29, 1.82) is 0 Å². The van der Waals surface area contributed by atoms with Gasteiger partial charge in [-0.2, -0.15) is 0 Å². The summed E-state index contributed by atoms with van der Waals surface area (Å²) in [6.07, 6.45) is 4.36. The monoisotopic (exact) mass is 502 g/mol. The van der Waals surface area contributed by atoms with Crippen LogP contribution < -0.4 is 5.32 Å². The molecule has 0 aliphatic carbocycles. The minimum atomic E-state index is -1.48. The number of rotatable bonds is 17. The van der Waals surface area contributed by atoms with Crippen LogP contribution in [0.2, 0.25) is 6.04 Å².